The molecule has 1 aliphatic carbocycles. The second-order valence-electron chi connectivity index (χ2n) is 5.68. The highest BCUT2D eigenvalue weighted by atomic mass is 19.4. The maximum Gasteiger partial charge on any atom is 0.416 e. The van der Waals surface area contributed by atoms with Crippen molar-refractivity contribution in [3.63, 3.8) is 0 Å². The number of hydrogen-bond acceptors (Lipinski definition) is 2. The second-order valence-corrected chi connectivity index (χ2v) is 5.68. The quantitative estimate of drug-likeness (QED) is 0.901. The predicted octanol–water partition coefficient (Wildman–Crippen LogP) is 3.10. The standard InChI is InChI=1S/C15H19F3N2O/c16-15(17,18)12-6-4-5-11(9-12)13(21)20-10-14(19)7-2-1-3-8-14/h4-6,9H,1-3,7-8,10,19H2,(H,20,21). The van der Waals surface area contributed by atoms with E-state index in [-0.39, 0.29) is 5.56 Å². The number of rotatable bonds is 3. The van der Waals surface area contributed by atoms with Crippen molar-refractivity contribution >= 4 is 5.91 Å². The smallest absolute Gasteiger partial charge is 0.350 e. The van der Waals surface area contributed by atoms with Crippen molar-refractivity contribution < 1.29 is 18.0 Å². The maximum atomic E-state index is 12.6. The number of hydrogen-bond donors (Lipinski definition) is 2. The van der Waals surface area contributed by atoms with Crippen molar-refractivity contribution in [2.45, 2.75) is 43.8 Å². The minimum Gasteiger partial charge on any atom is -0.350 e. The van der Waals surface area contributed by atoms with Gasteiger partial charge in [0.15, 0.2) is 0 Å². The molecule has 0 atom stereocenters. The third-order valence-corrected chi connectivity index (χ3v) is 3.90. The van der Waals surface area contributed by atoms with Gasteiger partial charge < -0.3 is 11.1 Å². The molecule has 0 bridgehead atoms. The van der Waals surface area contributed by atoms with Crippen LogP contribution in [0, 0.1) is 0 Å². The van der Waals surface area contributed by atoms with Gasteiger partial charge >= 0.3 is 6.18 Å². The van der Waals surface area contributed by atoms with Crippen molar-refractivity contribution in [1.82, 2.24) is 5.32 Å². The molecule has 1 amide bonds. The summed E-state index contributed by atoms with van der Waals surface area (Å²) in [5.41, 5.74) is 4.94. The van der Waals surface area contributed by atoms with E-state index >= 15 is 0 Å². The van der Waals surface area contributed by atoms with Crippen molar-refractivity contribution in [2.75, 3.05) is 6.54 Å². The van der Waals surface area contributed by atoms with Gasteiger partial charge in [0.2, 0.25) is 0 Å². The summed E-state index contributed by atoms with van der Waals surface area (Å²) in [6.07, 6.45) is 0.396. The lowest BCUT2D eigenvalue weighted by Crippen LogP contribution is -2.51. The highest BCUT2D eigenvalue weighted by Crippen LogP contribution is 2.29. The lowest BCUT2D eigenvalue weighted by atomic mass is 9.82. The Hall–Kier alpha value is -1.56. The molecular weight excluding hydrogens is 281 g/mol. The van der Waals surface area contributed by atoms with Crippen LogP contribution in [0.2, 0.25) is 0 Å². The fourth-order valence-electron chi connectivity index (χ4n) is 2.63. The van der Waals surface area contributed by atoms with E-state index in [1.807, 2.05) is 0 Å². The SMILES string of the molecule is NC1(CNC(=O)c2cccc(C(F)(F)F)c2)CCCCC1. The Morgan fingerprint density at radius 3 is 2.52 bits per heavy atom. The molecule has 1 saturated carbocycles. The zero-order valence-corrected chi connectivity index (χ0v) is 11.7. The Kier molecular flexibility index (Phi) is 4.56. The monoisotopic (exact) mass is 300 g/mol. The van der Waals surface area contributed by atoms with Gasteiger partial charge in [0, 0.05) is 17.6 Å². The normalized spacial score (nSPS) is 18.3. The lowest BCUT2D eigenvalue weighted by molar-refractivity contribution is -0.137. The number of nitrogens with two attached hydrogens (primary N) is 1. The minimum absolute atomic E-state index is 0.00392. The third kappa shape index (κ3) is 4.20. The van der Waals surface area contributed by atoms with Gasteiger partial charge in [-0.25, -0.2) is 0 Å². The van der Waals surface area contributed by atoms with Gasteiger partial charge in [0.1, 0.15) is 0 Å². The van der Waals surface area contributed by atoms with Crippen LogP contribution in [0.1, 0.15) is 48.0 Å². The van der Waals surface area contributed by atoms with Crippen molar-refractivity contribution in [2.24, 2.45) is 5.73 Å². The van der Waals surface area contributed by atoms with E-state index in [2.05, 4.69) is 5.32 Å². The van der Waals surface area contributed by atoms with Gasteiger partial charge in [0.05, 0.1) is 5.56 Å². The van der Waals surface area contributed by atoms with E-state index in [0.717, 1.165) is 44.2 Å². The van der Waals surface area contributed by atoms with Crippen LogP contribution < -0.4 is 11.1 Å². The van der Waals surface area contributed by atoms with Crippen molar-refractivity contribution in [3.8, 4) is 0 Å². The number of carbonyl (C=O) groups is 1. The topological polar surface area (TPSA) is 55.1 Å². The number of alkyl halides is 3. The van der Waals surface area contributed by atoms with E-state index in [9.17, 15) is 18.0 Å². The molecule has 116 valence electrons. The number of carbonyl (C=O) groups excluding carboxylic acids is 1. The summed E-state index contributed by atoms with van der Waals surface area (Å²) in [5.74, 6) is -0.517. The molecule has 6 heteroatoms. The van der Waals surface area contributed by atoms with E-state index in [1.165, 1.54) is 12.1 Å². The molecule has 0 aromatic heterocycles. The van der Waals surface area contributed by atoms with Gasteiger partial charge in [-0.1, -0.05) is 25.3 Å². The third-order valence-electron chi connectivity index (χ3n) is 3.90. The van der Waals surface area contributed by atoms with Crippen molar-refractivity contribution in [3.05, 3.63) is 35.4 Å². The second kappa shape index (κ2) is 6.05. The molecule has 1 aromatic carbocycles. The molecule has 0 spiro atoms. The molecule has 1 aromatic rings. The van der Waals surface area contributed by atoms with Crippen LogP contribution in [0.3, 0.4) is 0 Å². The van der Waals surface area contributed by atoms with Crippen LogP contribution in [0.15, 0.2) is 24.3 Å². The molecule has 0 saturated heterocycles. The molecule has 1 fully saturated rings. The fourth-order valence-corrected chi connectivity index (χ4v) is 2.63. The van der Waals surface area contributed by atoms with E-state index < -0.39 is 23.2 Å². The van der Waals surface area contributed by atoms with Crippen LogP contribution in [0.25, 0.3) is 0 Å². The first kappa shape index (κ1) is 15.8. The first-order chi connectivity index (χ1) is 9.80. The van der Waals surface area contributed by atoms with E-state index in [1.54, 1.807) is 0 Å². The molecule has 0 heterocycles. The summed E-state index contributed by atoms with van der Waals surface area (Å²) >= 11 is 0. The number of nitrogens with one attached hydrogen (secondary N) is 1. The summed E-state index contributed by atoms with van der Waals surface area (Å²) in [6, 6.07) is 4.41. The number of benzene rings is 1. The van der Waals surface area contributed by atoms with Crippen LogP contribution in [0.5, 0.6) is 0 Å². The first-order valence-corrected chi connectivity index (χ1v) is 7.05. The molecule has 2 rings (SSSR count). The molecule has 0 unspecified atom stereocenters. The predicted molar refractivity (Wildman–Crippen MR) is 73.8 cm³/mol. The number of amides is 1. The molecule has 3 N–H and O–H groups in total. The Balaban J connectivity index is 2.00. The minimum atomic E-state index is -4.45. The van der Waals surface area contributed by atoms with Crippen molar-refractivity contribution in [1.29, 1.82) is 0 Å². The van der Waals surface area contributed by atoms with Gasteiger partial charge in [-0.2, -0.15) is 13.2 Å². The Morgan fingerprint density at radius 2 is 1.90 bits per heavy atom. The largest absolute Gasteiger partial charge is 0.416 e. The summed E-state index contributed by atoms with van der Waals surface area (Å²) < 4.78 is 37.9. The summed E-state index contributed by atoms with van der Waals surface area (Å²) in [4.78, 5) is 12.0. The van der Waals surface area contributed by atoms with E-state index in [4.69, 9.17) is 5.73 Å². The summed E-state index contributed by atoms with van der Waals surface area (Å²) in [7, 11) is 0. The summed E-state index contributed by atoms with van der Waals surface area (Å²) in [6.45, 7) is 0.294. The molecule has 0 aliphatic heterocycles. The van der Waals surface area contributed by atoms with Gasteiger partial charge in [-0.05, 0) is 31.0 Å². The zero-order chi connectivity index (χ0) is 15.5. The number of halogens is 3. The molecule has 21 heavy (non-hydrogen) atoms. The molecule has 1 aliphatic rings. The highest BCUT2D eigenvalue weighted by Gasteiger charge is 2.31. The van der Waals surface area contributed by atoms with Crippen LogP contribution in [-0.2, 0) is 6.18 Å². The van der Waals surface area contributed by atoms with Crippen LogP contribution in [0.4, 0.5) is 13.2 Å². The van der Waals surface area contributed by atoms with Gasteiger partial charge in [-0.15, -0.1) is 0 Å². The first-order valence-electron chi connectivity index (χ1n) is 7.05. The fraction of sp³-hybridized carbons (Fsp3) is 0.533. The molecule has 0 radical (unpaired) electrons. The molecular formula is C15H19F3N2O. The Bertz CT molecular complexity index is 508. The Labute approximate surface area is 121 Å². The van der Waals surface area contributed by atoms with Crippen LogP contribution >= 0.6 is 0 Å². The Morgan fingerprint density at radius 1 is 1.24 bits per heavy atom. The average molecular weight is 300 g/mol. The zero-order valence-electron chi connectivity index (χ0n) is 11.7. The van der Waals surface area contributed by atoms with E-state index in [0.29, 0.717) is 6.54 Å². The maximum absolute atomic E-state index is 12.6. The highest BCUT2D eigenvalue weighted by molar-refractivity contribution is 5.94. The van der Waals surface area contributed by atoms with Crippen LogP contribution in [-0.4, -0.2) is 18.0 Å². The lowest BCUT2D eigenvalue weighted by Gasteiger charge is -2.33. The summed E-state index contributed by atoms with van der Waals surface area (Å²) in [5, 5.41) is 2.66. The molecule has 3 nitrogen and oxygen atoms in total. The van der Waals surface area contributed by atoms with Gasteiger partial charge in [0.25, 0.3) is 5.91 Å². The average Bonchev–Trinajstić information content (AvgIpc) is 2.45. The van der Waals surface area contributed by atoms with Gasteiger partial charge in [-0.3, -0.25) is 4.79 Å².